The molecule has 0 aromatic carbocycles. The van der Waals surface area contributed by atoms with E-state index >= 15 is 0 Å². The fraction of sp³-hybridized carbons (Fsp3) is 0.786. The number of carbonyl (C=O) groups is 3. The molecular formula is C14H26N2O4Si. The van der Waals surface area contributed by atoms with Gasteiger partial charge in [0.15, 0.2) is 6.04 Å². The van der Waals surface area contributed by atoms with E-state index in [-0.39, 0.29) is 11.8 Å². The Morgan fingerprint density at radius 2 is 1.81 bits per heavy atom. The van der Waals surface area contributed by atoms with Crippen molar-refractivity contribution in [1.82, 2.24) is 10.6 Å². The number of hydrogen-bond acceptors (Lipinski definition) is 4. The van der Waals surface area contributed by atoms with E-state index in [1.807, 2.05) is 0 Å². The van der Waals surface area contributed by atoms with Crippen LogP contribution in [0, 0.1) is 0 Å². The average Bonchev–Trinajstić information content (AvgIpc) is 2.51. The van der Waals surface area contributed by atoms with Crippen LogP contribution in [0.1, 0.15) is 27.2 Å². The maximum absolute atomic E-state index is 12.0. The Bertz CT molecular complexity index is 402. The zero-order chi connectivity index (χ0) is 16.0. The molecule has 2 amide bonds. The molecule has 0 radical (unpaired) electrons. The van der Waals surface area contributed by atoms with Gasteiger partial charge in [-0.3, -0.25) is 9.59 Å². The van der Waals surface area contributed by atoms with Crippen LogP contribution < -0.4 is 10.6 Å². The third-order valence-corrected chi connectivity index (χ3v) is 10.6. The molecule has 1 heterocycles. The summed E-state index contributed by atoms with van der Waals surface area (Å²) in [6, 6.07) is 2.90. The van der Waals surface area contributed by atoms with Crippen molar-refractivity contribution in [2.45, 2.75) is 63.5 Å². The zero-order valence-corrected chi connectivity index (χ0v) is 14.3. The van der Waals surface area contributed by atoms with E-state index in [2.05, 4.69) is 36.1 Å². The molecule has 1 rings (SSSR count). The molecule has 0 bridgehead atoms. The fourth-order valence-electron chi connectivity index (χ4n) is 2.76. The van der Waals surface area contributed by atoms with Gasteiger partial charge in [0.1, 0.15) is 6.04 Å². The van der Waals surface area contributed by atoms with E-state index in [1.165, 1.54) is 25.2 Å². The van der Waals surface area contributed by atoms with Gasteiger partial charge in [-0.15, -0.1) is 0 Å². The van der Waals surface area contributed by atoms with Crippen LogP contribution in [-0.4, -0.2) is 45.1 Å². The first-order valence-corrected chi connectivity index (χ1v) is 10.4. The quantitative estimate of drug-likeness (QED) is 0.398. The fourth-order valence-corrected chi connectivity index (χ4v) is 6.08. The summed E-state index contributed by atoms with van der Waals surface area (Å²) in [5.41, 5.74) is 0. The van der Waals surface area contributed by atoms with Gasteiger partial charge in [-0.1, -0.05) is 38.9 Å². The number of β-lactam (4-membered cyclic amide) rings is 1. The number of rotatable bonds is 8. The number of esters is 1. The van der Waals surface area contributed by atoms with Crippen LogP contribution in [0.15, 0.2) is 0 Å². The molecule has 0 spiro atoms. The topological polar surface area (TPSA) is 84.5 Å². The summed E-state index contributed by atoms with van der Waals surface area (Å²) < 4.78 is 4.58. The van der Waals surface area contributed by atoms with Crippen LogP contribution in [0.25, 0.3) is 0 Å². The summed E-state index contributed by atoms with van der Waals surface area (Å²) in [4.78, 5) is 34.9. The second-order valence-corrected chi connectivity index (χ2v) is 11.2. The Morgan fingerprint density at radius 3 is 2.24 bits per heavy atom. The lowest BCUT2D eigenvalue weighted by atomic mass is 9.99. The average molecular weight is 314 g/mol. The number of carbonyl (C=O) groups excluding carboxylic acids is 3. The molecule has 0 saturated carbocycles. The summed E-state index contributed by atoms with van der Waals surface area (Å²) in [5.74, 6) is -1.01. The second-order valence-electron chi connectivity index (χ2n) is 5.62. The molecule has 1 aliphatic rings. The molecule has 6 nitrogen and oxygen atoms in total. The van der Waals surface area contributed by atoms with Crippen LogP contribution in [0.3, 0.4) is 0 Å². The predicted octanol–water partition coefficient (Wildman–Crippen LogP) is 1.04. The molecule has 120 valence electrons. The van der Waals surface area contributed by atoms with E-state index in [4.69, 9.17) is 0 Å². The molecular weight excluding hydrogens is 288 g/mol. The standard InChI is InChI=1S/C14H26N2O4Si/c1-5-21(6-2,7-3)9-8-10(17)15-11-12(14(19)20-4)16-13(11)18/h11-12H,5-9H2,1-4H3,(H,15,17)(H,16,18)/t11-,12-/m1/s1. The first kappa shape index (κ1) is 17.7. The minimum atomic E-state index is -1.34. The van der Waals surface area contributed by atoms with Crippen molar-refractivity contribution < 1.29 is 19.1 Å². The van der Waals surface area contributed by atoms with Gasteiger partial charge >= 0.3 is 5.97 Å². The Kier molecular flexibility index (Phi) is 6.38. The summed E-state index contributed by atoms with van der Waals surface area (Å²) in [6.07, 6.45) is 0.430. The molecule has 1 saturated heterocycles. The van der Waals surface area contributed by atoms with Crippen molar-refractivity contribution >= 4 is 25.9 Å². The highest BCUT2D eigenvalue weighted by atomic mass is 28.3. The van der Waals surface area contributed by atoms with Gasteiger partial charge in [0.25, 0.3) is 0 Å². The Hall–Kier alpha value is -1.37. The van der Waals surface area contributed by atoms with E-state index in [0.29, 0.717) is 6.42 Å². The Balaban J connectivity index is 2.50. The number of ether oxygens (including phenoxy) is 1. The van der Waals surface area contributed by atoms with Crippen molar-refractivity contribution in [3.8, 4) is 0 Å². The molecule has 7 heteroatoms. The lowest BCUT2D eigenvalue weighted by Crippen LogP contribution is -2.72. The van der Waals surface area contributed by atoms with Crippen molar-refractivity contribution in [3.63, 3.8) is 0 Å². The molecule has 1 aliphatic heterocycles. The van der Waals surface area contributed by atoms with Gasteiger partial charge in [-0.05, 0) is 6.04 Å². The highest BCUT2D eigenvalue weighted by Gasteiger charge is 2.45. The highest BCUT2D eigenvalue weighted by molar-refractivity contribution is 6.79. The Labute approximate surface area is 127 Å². The number of hydrogen-bond donors (Lipinski definition) is 2. The smallest absolute Gasteiger partial charge is 0.331 e. The van der Waals surface area contributed by atoms with E-state index < -0.39 is 26.1 Å². The summed E-state index contributed by atoms with van der Waals surface area (Å²) in [5, 5.41) is 5.08. The first-order chi connectivity index (χ1) is 9.92. The summed E-state index contributed by atoms with van der Waals surface area (Å²) in [6.45, 7) is 6.59. The van der Waals surface area contributed by atoms with Gasteiger partial charge in [-0.25, -0.2) is 4.79 Å². The van der Waals surface area contributed by atoms with Gasteiger partial charge in [0, 0.05) is 6.42 Å². The van der Waals surface area contributed by atoms with Crippen molar-refractivity contribution in [2.24, 2.45) is 0 Å². The number of amides is 2. The SMILES string of the molecule is CC[Si](CC)(CC)CCC(=O)N[C@H]1C(=O)N[C@H]1C(=O)OC. The van der Waals surface area contributed by atoms with Gasteiger partial charge in [-0.2, -0.15) is 0 Å². The third-order valence-electron chi connectivity index (χ3n) is 4.82. The first-order valence-electron chi connectivity index (χ1n) is 7.60. The number of nitrogens with one attached hydrogen (secondary N) is 2. The lowest BCUT2D eigenvalue weighted by Gasteiger charge is -2.35. The van der Waals surface area contributed by atoms with E-state index in [9.17, 15) is 14.4 Å². The molecule has 21 heavy (non-hydrogen) atoms. The monoisotopic (exact) mass is 314 g/mol. The van der Waals surface area contributed by atoms with Crippen LogP contribution in [-0.2, 0) is 19.1 Å². The van der Waals surface area contributed by atoms with Crippen LogP contribution in [0.4, 0.5) is 0 Å². The van der Waals surface area contributed by atoms with Crippen LogP contribution in [0.2, 0.25) is 24.2 Å². The Morgan fingerprint density at radius 1 is 1.24 bits per heavy atom. The second kappa shape index (κ2) is 7.58. The largest absolute Gasteiger partial charge is 0.467 e. The molecule has 0 aliphatic carbocycles. The molecule has 1 fully saturated rings. The third kappa shape index (κ3) is 4.06. The molecule has 0 aromatic heterocycles. The highest BCUT2D eigenvalue weighted by Crippen LogP contribution is 2.26. The molecule has 0 aromatic rings. The maximum atomic E-state index is 12.0. The minimum Gasteiger partial charge on any atom is -0.467 e. The summed E-state index contributed by atoms with van der Waals surface area (Å²) in [7, 11) is -0.0798. The number of methoxy groups -OCH3 is 1. The van der Waals surface area contributed by atoms with Crippen molar-refractivity contribution in [3.05, 3.63) is 0 Å². The van der Waals surface area contributed by atoms with Gasteiger partial charge in [0.2, 0.25) is 11.8 Å². The normalized spacial score (nSPS) is 21.2. The minimum absolute atomic E-state index is 0.157. The van der Waals surface area contributed by atoms with Gasteiger partial charge < -0.3 is 15.4 Å². The van der Waals surface area contributed by atoms with Gasteiger partial charge in [0.05, 0.1) is 15.2 Å². The predicted molar refractivity (Wildman–Crippen MR) is 82.5 cm³/mol. The summed E-state index contributed by atoms with van der Waals surface area (Å²) >= 11 is 0. The van der Waals surface area contributed by atoms with E-state index in [1.54, 1.807) is 0 Å². The van der Waals surface area contributed by atoms with Crippen molar-refractivity contribution in [2.75, 3.05) is 7.11 Å². The van der Waals surface area contributed by atoms with Crippen LogP contribution in [0.5, 0.6) is 0 Å². The maximum Gasteiger partial charge on any atom is 0.331 e. The van der Waals surface area contributed by atoms with Crippen molar-refractivity contribution in [1.29, 1.82) is 0 Å². The molecule has 2 N–H and O–H groups in total. The molecule has 2 atom stereocenters. The zero-order valence-electron chi connectivity index (χ0n) is 13.3. The lowest BCUT2D eigenvalue weighted by molar-refractivity contribution is -0.153. The van der Waals surface area contributed by atoms with E-state index in [0.717, 1.165) is 6.04 Å². The molecule has 0 unspecified atom stereocenters. The van der Waals surface area contributed by atoms with Crippen LogP contribution >= 0.6 is 0 Å².